The number of hydrogen-bond donors (Lipinski definition) is 1. The Morgan fingerprint density at radius 2 is 1.78 bits per heavy atom. The maximum absolute atomic E-state index is 12.6. The summed E-state index contributed by atoms with van der Waals surface area (Å²) in [6.45, 7) is 0.319. The lowest BCUT2D eigenvalue weighted by atomic mass is 9.97. The van der Waals surface area contributed by atoms with E-state index < -0.39 is 10.0 Å². The van der Waals surface area contributed by atoms with Crippen molar-refractivity contribution in [2.24, 2.45) is 0 Å². The quantitative estimate of drug-likeness (QED) is 0.733. The van der Waals surface area contributed by atoms with E-state index in [0.29, 0.717) is 0 Å². The van der Waals surface area contributed by atoms with Crippen LogP contribution in [-0.4, -0.2) is 24.7 Å². The molecule has 2 aromatic carbocycles. The van der Waals surface area contributed by atoms with Gasteiger partial charge in [0.15, 0.2) is 0 Å². The van der Waals surface area contributed by atoms with Crippen LogP contribution in [0.1, 0.15) is 24.1 Å². The predicted octanol–water partition coefficient (Wildman–Crippen LogP) is 2.25. The molecule has 0 atom stereocenters. The number of hydrogen-bond acceptors (Lipinski definition) is 4. The summed E-state index contributed by atoms with van der Waals surface area (Å²) in [5.74, 6) is 0. The Morgan fingerprint density at radius 3 is 2.63 bits per heavy atom. The van der Waals surface area contributed by atoms with Crippen LogP contribution in [0.3, 0.4) is 0 Å². The third kappa shape index (κ3) is 3.79. The molecule has 7 heteroatoms. The minimum Gasteiger partial charge on any atom is -0.268 e. The van der Waals surface area contributed by atoms with Gasteiger partial charge in [-0.3, -0.25) is 4.79 Å². The molecular weight excluding hydrogens is 362 g/mol. The van der Waals surface area contributed by atoms with Crippen LogP contribution in [-0.2, 0) is 29.4 Å². The van der Waals surface area contributed by atoms with Gasteiger partial charge in [0.2, 0.25) is 10.0 Å². The fraction of sp³-hybridized carbons (Fsp3) is 0.300. The largest absolute Gasteiger partial charge is 0.268 e. The summed E-state index contributed by atoms with van der Waals surface area (Å²) in [7, 11) is -3.65. The van der Waals surface area contributed by atoms with Crippen LogP contribution >= 0.6 is 0 Å². The fourth-order valence-electron chi connectivity index (χ4n) is 3.46. The zero-order chi connectivity index (χ0) is 18.9. The number of benzene rings is 2. The first-order valence-electron chi connectivity index (χ1n) is 9.11. The molecular formula is C20H21N3O3S. The number of fused-ring (bicyclic) bond motifs is 2. The zero-order valence-corrected chi connectivity index (χ0v) is 15.7. The van der Waals surface area contributed by atoms with Crippen molar-refractivity contribution in [1.82, 2.24) is 14.5 Å². The lowest BCUT2D eigenvalue weighted by Gasteiger charge is -2.16. The molecule has 0 radical (unpaired) electrons. The second-order valence-electron chi connectivity index (χ2n) is 6.79. The first-order valence-corrected chi connectivity index (χ1v) is 10.6. The number of sulfonamides is 1. The van der Waals surface area contributed by atoms with Crippen molar-refractivity contribution >= 4 is 20.8 Å². The van der Waals surface area contributed by atoms with Crippen LogP contribution in [0.5, 0.6) is 0 Å². The molecule has 1 aromatic heterocycles. The van der Waals surface area contributed by atoms with Gasteiger partial charge in [0, 0.05) is 12.6 Å². The predicted molar refractivity (Wildman–Crippen MR) is 104 cm³/mol. The Hall–Kier alpha value is -2.51. The minimum atomic E-state index is -3.65. The van der Waals surface area contributed by atoms with Gasteiger partial charge in [0.1, 0.15) is 0 Å². The number of aryl methyl sites for hydroxylation is 2. The van der Waals surface area contributed by atoms with Crippen molar-refractivity contribution in [2.75, 3.05) is 6.54 Å². The molecule has 1 aliphatic rings. The molecule has 0 amide bonds. The second kappa shape index (κ2) is 7.25. The molecule has 0 saturated carbocycles. The molecule has 0 unspecified atom stereocenters. The fourth-order valence-corrected chi connectivity index (χ4v) is 4.52. The molecule has 27 heavy (non-hydrogen) atoms. The van der Waals surface area contributed by atoms with Gasteiger partial charge in [-0.1, -0.05) is 30.3 Å². The van der Waals surface area contributed by atoms with E-state index in [4.69, 9.17) is 0 Å². The van der Waals surface area contributed by atoms with E-state index in [2.05, 4.69) is 9.82 Å². The Labute approximate surface area is 157 Å². The summed E-state index contributed by atoms with van der Waals surface area (Å²) in [6, 6.07) is 14.3. The van der Waals surface area contributed by atoms with Crippen molar-refractivity contribution < 1.29 is 8.42 Å². The van der Waals surface area contributed by atoms with Crippen LogP contribution in [0, 0.1) is 0 Å². The van der Waals surface area contributed by atoms with Crippen molar-refractivity contribution in [3.63, 3.8) is 0 Å². The van der Waals surface area contributed by atoms with Crippen molar-refractivity contribution in [1.29, 1.82) is 0 Å². The van der Waals surface area contributed by atoms with Crippen LogP contribution in [0.25, 0.3) is 10.8 Å². The van der Waals surface area contributed by atoms with Gasteiger partial charge < -0.3 is 0 Å². The molecule has 0 bridgehead atoms. The Kier molecular flexibility index (Phi) is 4.80. The molecule has 140 valence electrons. The molecule has 1 N–H and O–H groups in total. The highest BCUT2D eigenvalue weighted by Crippen LogP contribution is 2.19. The molecule has 0 spiro atoms. The summed E-state index contributed by atoms with van der Waals surface area (Å²) in [4.78, 5) is 12.4. The van der Waals surface area contributed by atoms with E-state index in [1.54, 1.807) is 24.3 Å². The number of rotatable bonds is 5. The smallest absolute Gasteiger partial charge is 0.267 e. The van der Waals surface area contributed by atoms with Gasteiger partial charge in [0.05, 0.1) is 17.1 Å². The third-order valence-electron chi connectivity index (χ3n) is 4.92. The molecule has 1 heterocycles. The first-order chi connectivity index (χ1) is 13.0. The molecule has 1 aliphatic carbocycles. The van der Waals surface area contributed by atoms with Gasteiger partial charge in [-0.05, 0) is 54.2 Å². The molecule has 6 nitrogen and oxygen atoms in total. The van der Waals surface area contributed by atoms with Gasteiger partial charge in [-0.2, -0.15) is 5.10 Å². The van der Waals surface area contributed by atoms with Crippen molar-refractivity contribution in [2.45, 2.75) is 37.1 Å². The Morgan fingerprint density at radius 1 is 1.00 bits per heavy atom. The SMILES string of the molecule is O=c1cc2c(nn1CCNS(=O)(=O)c1ccc3ccccc3c1)CCCC2. The van der Waals surface area contributed by atoms with E-state index >= 15 is 0 Å². The Bertz CT molecular complexity index is 1150. The highest BCUT2D eigenvalue weighted by molar-refractivity contribution is 7.89. The monoisotopic (exact) mass is 383 g/mol. The lowest BCUT2D eigenvalue weighted by molar-refractivity contribution is 0.526. The average Bonchev–Trinajstić information content (AvgIpc) is 2.68. The second-order valence-corrected chi connectivity index (χ2v) is 8.56. The van der Waals surface area contributed by atoms with Gasteiger partial charge in [0.25, 0.3) is 5.56 Å². The molecule has 0 saturated heterocycles. The van der Waals surface area contributed by atoms with E-state index in [9.17, 15) is 13.2 Å². The van der Waals surface area contributed by atoms with Crippen LogP contribution in [0.2, 0.25) is 0 Å². The van der Waals surface area contributed by atoms with Crippen LogP contribution in [0.15, 0.2) is 58.2 Å². The van der Waals surface area contributed by atoms with Gasteiger partial charge in [-0.15, -0.1) is 0 Å². The average molecular weight is 383 g/mol. The molecule has 0 aliphatic heterocycles. The highest BCUT2D eigenvalue weighted by atomic mass is 32.2. The first kappa shape index (κ1) is 17.9. The summed E-state index contributed by atoms with van der Waals surface area (Å²) in [5.41, 5.74) is 1.80. The van der Waals surface area contributed by atoms with Gasteiger partial charge in [-0.25, -0.2) is 17.8 Å². The number of nitrogens with one attached hydrogen (secondary N) is 1. The highest BCUT2D eigenvalue weighted by Gasteiger charge is 2.16. The van der Waals surface area contributed by atoms with E-state index in [-0.39, 0.29) is 23.5 Å². The summed E-state index contributed by atoms with van der Waals surface area (Å²) < 4.78 is 29.1. The molecule has 4 rings (SSSR count). The number of aromatic nitrogens is 2. The van der Waals surface area contributed by atoms with E-state index in [1.165, 1.54) is 4.68 Å². The maximum atomic E-state index is 12.6. The van der Waals surface area contributed by atoms with Crippen molar-refractivity contribution in [3.05, 3.63) is 70.1 Å². The standard InChI is InChI=1S/C20H21N3O3S/c24-20-14-17-7-3-4-8-19(17)22-23(20)12-11-21-27(25,26)18-10-9-15-5-1-2-6-16(15)13-18/h1-2,5-6,9-10,13-14,21H,3-4,7-8,11-12H2. The topological polar surface area (TPSA) is 81.1 Å². The van der Waals surface area contributed by atoms with E-state index in [0.717, 1.165) is 47.7 Å². The summed E-state index contributed by atoms with van der Waals surface area (Å²) >= 11 is 0. The summed E-state index contributed by atoms with van der Waals surface area (Å²) in [5, 5.41) is 6.27. The number of nitrogens with zero attached hydrogens (tertiary/aromatic N) is 2. The summed E-state index contributed by atoms with van der Waals surface area (Å²) in [6.07, 6.45) is 3.93. The van der Waals surface area contributed by atoms with Crippen molar-refractivity contribution in [3.8, 4) is 0 Å². The maximum Gasteiger partial charge on any atom is 0.267 e. The lowest BCUT2D eigenvalue weighted by Crippen LogP contribution is -2.33. The zero-order valence-electron chi connectivity index (χ0n) is 14.9. The molecule has 0 fully saturated rings. The normalized spacial score (nSPS) is 14.2. The van der Waals surface area contributed by atoms with Crippen LogP contribution in [0.4, 0.5) is 0 Å². The minimum absolute atomic E-state index is 0.112. The molecule has 3 aromatic rings. The van der Waals surface area contributed by atoms with E-state index in [1.807, 2.05) is 24.3 Å². The van der Waals surface area contributed by atoms with Gasteiger partial charge >= 0.3 is 0 Å². The van der Waals surface area contributed by atoms with Crippen LogP contribution < -0.4 is 10.3 Å². The Balaban J connectivity index is 1.48. The third-order valence-corrected chi connectivity index (χ3v) is 6.38.